The van der Waals surface area contributed by atoms with Crippen LogP contribution in [0, 0.1) is 6.92 Å². The highest BCUT2D eigenvalue weighted by molar-refractivity contribution is 8.00. The molecule has 0 bridgehead atoms. The van der Waals surface area contributed by atoms with E-state index in [4.69, 9.17) is 5.11 Å². The van der Waals surface area contributed by atoms with Crippen molar-refractivity contribution >= 4 is 17.7 Å². The standard InChI is InChI=1S/C12H16O2S/c1-9-5-3-4-6-11(9)15-10(2)7-8-12(13)14/h3-6,10H,7-8H2,1-2H3,(H,13,14). The number of hydrogen-bond donors (Lipinski definition) is 1. The molecule has 2 nitrogen and oxygen atoms in total. The average molecular weight is 224 g/mol. The highest BCUT2D eigenvalue weighted by Crippen LogP contribution is 2.28. The normalized spacial score (nSPS) is 12.4. The molecule has 1 atom stereocenters. The van der Waals surface area contributed by atoms with Crippen molar-refractivity contribution in [2.75, 3.05) is 0 Å². The largest absolute Gasteiger partial charge is 0.481 e. The Hall–Kier alpha value is -0.960. The zero-order chi connectivity index (χ0) is 11.3. The van der Waals surface area contributed by atoms with Crippen LogP contribution in [0.25, 0.3) is 0 Å². The Bertz CT molecular complexity index is 336. The highest BCUT2D eigenvalue weighted by atomic mass is 32.2. The van der Waals surface area contributed by atoms with Crippen LogP contribution in [0.4, 0.5) is 0 Å². The van der Waals surface area contributed by atoms with Crippen molar-refractivity contribution in [3.05, 3.63) is 29.8 Å². The molecule has 0 saturated heterocycles. The molecule has 0 spiro atoms. The predicted molar refractivity (Wildman–Crippen MR) is 63.4 cm³/mol. The van der Waals surface area contributed by atoms with Crippen LogP contribution in [0.5, 0.6) is 0 Å². The SMILES string of the molecule is Cc1ccccc1SC(C)CCC(=O)O. The summed E-state index contributed by atoms with van der Waals surface area (Å²) in [6.45, 7) is 4.15. The topological polar surface area (TPSA) is 37.3 Å². The van der Waals surface area contributed by atoms with Gasteiger partial charge in [0.05, 0.1) is 0 Å². The molecule has 0 fully saturated rings. The molecule has 0 aliphatic carbocycles. The fourth-order valence-corrected chi connectivity index (χ4v) is 2.37. The maximum Gasteiger partial charge on any atom is 0.303 e. The van der Waals surface area contributed by atoms with Crippen LogP contribution in [0.2, 0.25) is 0 Å². The molecule has 0 aromatic heterocycles. The van der Waals surface area contributed by atoms with E-state index in [0.717, 1.165) is 0 Å². The Morgan fingerprint density at radius 1 is 1.47 bits per heavy atom. The lowest BCUT2D eigenvalue weighted by Crippen LogP contribution is -2.02. The van der Waals surface area contributed by atoms with E-state index in [0.29, 0.717) is 11.7 Å². The van der Waals surface area contributed by atoms with E-state index in [9.17, 15) is 4.79 Å². The predicted octanol–water partition coefficient (Wildman–Crippen LogP) is 3.34. The minimum absolute atomic E-state index is 0.250. The smallest absolute Gasteiger partial charge is 0.303 e. The first-order valence-electron chi connectivity index (χ1n) is 5.03. The third-order valence-electron chi connectivity index (χ3n) is 2.19. The van der Waals surface area contributed by atoms with Crippen LogP contribution >= 0.6 is 11.8 Å². The summed E-state index contributed by atoms with van der Waals surface area (Å²) in [4.78, 5) is 11.7. The van der Waals surface area contributed by atoms with Gasteiger partial charge in [-0.3, -0.25) is 4.79 Å². The number of carboxylic acid groups (broad SMARTS) is 1. The molecule has 1 rings (SSSR count). The molecule has 0 amide bonds. The molecule has 1 N–H and O–H groups in total. The summed E-state index contributed by atoms with van der Waals surface area (Å²) in [5.41, 5.74) is 1.25. The van der Waals surface area contributed by atoms with E-state index in [-0.39, 0.29) is 6.42 Å². The molecule has 1 aromatic rings. The second-order valence-corrected chi connectivity index (χ2v) is 5.11. The minimum Gasteiger partial charge on any atom is -0.481 e. The lowest BCUT2D eigenvalue weighted by atomic mass is 10.2. The van der Waals surface area contributed by atoms with Crippen LogP contribution in [0.1, 0.15) is 25.3 Å². The van der Waals surface area contributed by atoms with E-state index in [1.54, 1.807) is 11.8 Å². The quantitative estimate of drug-likeness (QED) is 0.779. The molecular weight excluding hydrogens is 208 g/mol. The summed E-state index contributed by atoms with van der Waals surface area (Å²) in [5, 5.41) is 8.92. The molecule has 1 unspecified atom stereocenters. The number of benzene rings is 1. The molecule has 0 aliphatic rings. The molecule has 0 aliphatic heterocycles. The number of thioether (sulfide) groups is 1. The van der Waals surface area contributed by atoms with Crippen LogP contribution in [0.15, 0.2) is 29.2 Å². The van der Waals surface area contributed by atoms with Crippen molar-refractivity contribution in [2.45, 2.75) is 36.8 Å². The third-order valence-corrected chi connectivity index (χ3v) is 3.54. The van der Waals surface area contributed by atoms with E-state index in [1.807, 2.05) is 12.1 Å². The van der Waals surface area contributed by atoms with Crippen molar-refractivity contribution in [1.82, 2.24) is 0 Å². The number of carboxylic acids is 1. The molecular formula is C12H16O2S. The first-order valence-corrected chi connectivity index (χ1v) is 5.91. The summed E-state index contributed by atoms with van der Waals surface area (Å²) < 4.78 is 0. The Balaban J connectivity index is 2.47. The minimum atomic E-state index is -0.716. The van der Waals surface area contributed by atoms with Gasteiger partial charge in [0.15, 0.2) is 0 Å². The highest BCUT2D eigenvalue weighted by Gasteiger charge is 2.08. The monoisotopic (exact) mass is 224 g/mol. The van der Waals surface area contributed by atoms with Gasteiger partial charge in [0.1, 0.15) is 0 Å². The summed E-state index contributed by atoms with van der Waals surface area (Å²) in [6, 6.07) is 8.18. The second kappa shape index (κ2) is 5.81. The second-order valence-electron chi connectivity index (χ2n) is 3.63. The fraction of sp³-hybridized carbons (Fsp3) is 0.417. The maximum absolute atomic E-state index is 10.4. The molecule has 0 saturated carbocycles. The van der Waals surface area contributed by atoms with Crippen molar-refractivity contribution < 1.29 is 9.90 Å². The van der Waals surface area contributed by atoms with E-state index in [2.05, 4.69) is 26.0 Å². The zero-order valence-corrected chi connectivity index (χ0v) is 9.88. The summed E-state index contributed by atoms with van der Waals surface area (Å²) in [6.07, 6.45) is 0.967. The van der Waals surface area contributed by atoms with Gasteiger partial charge >= 0.3 is 5.97 Å². The fourth-order valence-electron chi connectivity index (χ4n) is 1.29. The van der Waals surface area contributed by atoms with Gasteiger partial charge in [-0.2, -0.15) is 0 Å². The Kier molecular flexibility index (Phi) is 4.69. The van der Waals surface area contributed by atoms with Gasteiger partial charge in [0.25, 0.3) is 0 Å². The van der Waals surface area contributed by atoms with E-state index < -0.39 is 5.97 Å². The first kappa shape index (κ1) is 12.1. The Morgan fingerprint density at radius 3 is 2.73 bits per heavy atom. The first-order chi connectivity index (χ1) is 7.09. The number of aryl methyl sites for hydroxylation is 1. The van der Waals surface area contributed by atoms with Gasteiger partial charge in [0.2, 0.25) is 0 Å². The van der Waals surface area contributed by atoms with Gasteiger partial charge in [-0.05, 0) is 25.0 Å². The van der Waals surface area contributed by atoms with Crippen molar-refractivity contribution in [2.24, 2.45) is 0 Å². The summed E-state index contributed by atoms with van der Waals surface area (Å²) in [5.74, 6) is -0.716. The maximum atomic E-state index is 10.4. The molecule has 0 heterocycles. The average Bonchev–Trinajstić information content (AvgIpc) is 2.18. The van der Waals surface area contributed by atoms with E-state index in [1.165, 1.54) is 10.5 Å². The van der Waals surface area contributed by atoms with Crippen molar-refractivity contribution in [3.8, 4) is 0 Å². The van der Waals surface area contributed by atoms with Crippen LogP contribution in [-0.2, 0) is 4.79 Å². The molecule has 1 aromatic carbocycles. The van der Waals surface area contributed by atoms with E-state index >= 15 is 0 Å². The van der Waals surface area contributed by atoms with Crippen molar-refractivity contribution in [1.29, 1.82) is 0 Å². The van der Waals surface area contributed by atoms with Gasteiger partial charge in [-0.15, -0.1) is 11.8 Å². The number of hydrogen-bond acceptors (Lipinski definition) is 2. The van der Waals surface area contributed by atoms with Crippen LogP contribution in [-0.4, -0.2) is 16.3 Å². The third kappa shape index (κ3) is 4.38. The van der Waals surface area contributed by atoms with Crippen molar-refractivity contribution in [3.63, 3.8) is 0 Å². The van der Waals surface area contributed by atoms with Crippen LogP contribution < -0.4 is 0 Å². The molecule has 15 heavy (non-hydrogen) atoms. The van der Waals surface area contributed by atoms with Gasteiger partial charge in [-0.25, -0.2) is 0 Å². The van der Waals surface area contributed by atoms with Gasteiger partial charge in [0, 0.05) is 16.6 Å². The molecule has 3 heteroatoms. The molecule has 82 valence electrons. The number of aliphatic carboxylic acids is 1. The molecule has 0 radical (unpaired) electrons. The zero-order valence-electron chi connectivity index (χ0n) is 9.06. The Labute approximate surface area is 94.7 Å². The van der Waals surface area contributed by atoms with Gasteiger partial charge in [-0.1, -0.05) is 25.1 Å². The summed E-state index contributed by atoms with van der Waals surface area (Å²) >= 11 is 1.75. The summed E-state index contributed by atoms with van der Waals surface area (Å²) in [7, 11) is 0. The van der Waals surface area contributed by atoms with Crippen LogP contribution in [0.3, 0.4) is 0 Å². The lowest BCUT2D eigenvalue weighted by molar-refractivity contribution is -0.137. The number of rotatable bonds is 5. The van der Waals surface area contributed by atoms with Gasteiger partial charge < -0.3 is 5.11 Å². The Morgan fingerprint density at radius 2 is 2.13 bits per heavy atom. The number of carbonyl (C=O) groups is 1. The lowest BCUT2D eigenvalue weighted by Gasteiger charge is -2.11.